The number of carbonyl (C=O) groups is 1. The number of hydrogen-bond acceptors (Lipinski definition) is 2. The van der Waals surface area contributed by atoms with Crippen LogP contribution in [0.5, 0.6) is 0 Å². The predicted octanol–water partition coefficient (Wildman–Crippen LogP) is 7.86. The van der Waals surface area contributed by atoms with Crippen LogP contribution in [0.1, 0.15) is 118 Å². The molecule has 0 aliphatic carbocycles. The van der Waals surface area contributed by atoms with E-state index in [0.29, 0.717) is 17.3 Å². The topological polar surface area (TPSA) is 26.3 Å². The maximum Gasteiger partial charge on any atom is 0.305 e. The first-order valence-electron chi connectivity index (χ1n) is 11.0. The van der Waals surface area contributed by atoms with Crippen LogP contribution in [0.3, 0.4) is 0 Å². The molecule has 0 spiro atoms. The van der Waals surface area contributed by atoms with Crippen LogP contribution in [0.2, 0.25) is 0 Å². The molecular formula is C24H46O2. The Morgan fingerprint density at radius 2 is 1.42 bits per heavy atom. The highest BCUT2D eigenvalue weighted by Gasteiger charge is 2.29. The van der Waals surface area contributed by atoms with Gasteiger partial charge in [0.25, 0.3) is 0 Å². The Bertz CT molecular complexity index is 384. The van der Waals surface area contributed by atoms with Crippen molar-refractivity contribution in [3.05, 3.63) is 12.2 Å². The zero-order valence-electron chi connectivity index (χ0n) is 18.7. The minimum absolute atomic E-state index is 0.0784. The normalized spacial score (nSPS) is 14.5. The van der Waals surface area contributed by atoms with Crippen molar-refractivity contribution in [1.82, 2.24) is 0 Å². The van der Waals surface area contributed by atoms with Crippen molar-refractivity contribution in [3.8, 4) is 0 Å². The molecule has 2 nitrogen and oxygen atoms in total. The second-order valence-corrected chi connectivity index (χ2v) is 9.10. The summed E-state index contributed by atoms with van der Waals surface area (Å²) in [5.74, 6) is -0.0784. The van der Waals surface area contributed by atoms with Gasteiger partial charge in [0, 0.05) is 6.42 Å². The van der Waals surface area contributed by atoms with E-state index >= 15 is 0 Å². The summed E-state index contributed by atoms with van der Waals surface area (Å²) in [4.78, 5) is 11.0. The molecule has 2 heteroatoms. The number of esters is 1. The van der Waals surface area contributed by atoms with Gasteiger partial charge in [0.05, 0.1) is 7.11 Å². The summed E-state index contributed by atoms with van der Waals surface area (Å²) in [6.45, 7) is 12.0. The molecule has 0 aromatic heterocycles. The highest BCUT2D eigenvalue weighted by Crippen LogP contribution is 2.41. The predicted molar refractivity (Wildman–Crippen MR) is 114 cm³/mol. The van der Waals surface area contributed by atoms with E-state index in [1.807, 2.05) is 0 Å². The molecule has 1 unspecified atom stereocenters. The van der Waals surface area contributed by atoms with Gasteiger partial charge >= 0.3 is 5.97 Å². The quantitative estimate of drug-likeness (QED) is 0.158. The van der Waals surface area contributed by atoms with Gasteiger partial charge in [-0.1, -0.05) is 78.9 Å². The Labute approximate surface area is 164 Å². The van der Waals surface area contributed by atoms with E-state index < -0.39 is 0 Å². The molecular weight excluding hydrogens is 320 g/mol. The molecule has 0 heterocycles. The van der Waals surface area contributed by atoms with E-state index in [0.717, 1.165) is 12.8 Å². The number of allylic oxidation sites excluding steroid dienone is 2. The third kappa shape index (κ3) is 13.4. The number of rotatable bonds is 16. The van der Waals surface area contributed by atoms with Crippen LogP contribution < -0.4 is 0 Å². The maximum atomic E-state index is 11.0. The molecule has 0 aromatic carbocycles. The molecule has 0 N–H and O–H groups in total. The van der Waals surface area contributed by atoms with Gasteiger partial charge in [0.15, 0.2) is 0 Å². The minimum Gasteiger partial charge on any atom is -0.469 e. The van der Waals surface area contributed by atoms with E-state index in [1.165, 1.54) is 71.3 Å². The number of carbonyl (C=O) groups excluding carboxylic acids is 1. The monoisotopic (exact) mass is 366 g/mol. The molecule has 1 atom stereocenters. The lowest BCUT2D eigenvalue weighted by Crippen LogP contribution is -2.24. The summed E-state index contributed by atoms with van der Waals surface area (Å²) in [5, 5.41) is 0. The second kappa shape index (κ2) is 14.3. The van der Waals surface area contributed by atoms with Gasteiger partial charge in [0.2, 0.25) is 0 Å². The zero-order valence-corrected chi connectivity index (χ0v) is 18.7. The second-order valence-electron chi connectivity index (χ2n) is 9.10. The molecule has 0 aliphatic heterocycles. The van der Waals surface area contributed by atoms with Crippen molar-refractivity contribution in [1.29, 1.82) is 0 Å². The van der Waals surface area contributed by atoms with Crippen molar-refractivity contribution < 1.29 is 9.53 Å². The molecule has 0 fully saturated rings. The summed E-state index contributed by atoms with van der Waals surface area (Å²) in [6, 6.07) is 0. The molecule has 0 amide bonds. The van der Waals surface area contributed by atoms with Gasteiger partial charge in [-0.15, -0.1) is 0 Å². The number of ether oxygens (including phenoxy) is 1. The third-order valence-electron chi connectivity index (χ3n) is 6.01. The standard InChI is InChI=1S/C24H46O2/c1-7-23(3,4)21-24(5,8-2)20-18-16-14-12-10-9-11-13-15-17-19-22(25)26-6/h12,14H,7-11,13,15-21H2,1-6H3. The Balaban J connectivity index is 3.70. The van der Waals surface area contributed by atoms with E-state index in [1.54, 1.807) is 0 Å². The molecule has 0 radical (unpaired) electrons. The van der Waals surface area contributed by atoms with Gasteiger partial charge in [-0.3, -0.25) is 4.79 Å². The van der Waals surface area contributed by atoms with Crippen LogP contribution in [0.15, 0.2) is 12.2 Å². The average molecular weight is 367 g/mol. The van der Waals surface area contributed by atoms with Crippen LogP contribution >= 0.6 is 0 Å². The Morgan fingerprint density at radius 3 is 2.00 bits per heavy atom. The number of methoxy groups -OCH3 is 1. The van der Waals surface area contributed by atoms with Crippen LogP contribution in [0.25, 0.3) is 0 Å². The molecule has 0 bridgehead atoms. The molecule has 0 saturated carbocycles. The smallest absolute Gasteiger partial charge is 0.305 e. The Morgan fingerprint density at radius 1 is 0.846 bits per heavy atom. The zero-order chi connectivity index (χ0) is 19.9. The van der Waals surface area contributed by atoms with Crippen LogP contribution in [0.4, 0.5) is 0 Å². The fraction of sp³-hybridized carbons (Fsp3) is 0.875. The van der Waals surface area contributed by atoms with Gasteiger partial charge in [-0.2, -0.15) is 0 Å². The summed E-state index contributed by atoms with van der Waals surface area (Å²) in [7, 11) is 1.46. The summed E-state index contributed by atoms with van der Waals surface area (Å²) >= 11 is 0. The van der Waals surface area contributed by atoms with Gasteiger partial charge in [-0.05, 0) is 55.8 Å². The highest BCUT2D eigenvalue weighted by molar-refractivity contribution is 5.68. The summed E-state index contributed by atoms with van der Waals surface area (Å²) < 4.78 is 4.65. The van der Waals surface area contributed by atoms with Crippen molar-refractivity contribution in [3.63, 3.8) is 0 Å². The lowest BCUT2D eigenvalue weighted by Gasteiger charge is -2.36. The first-order chi connectivity index (χ1) is 12.3. The molecule has 0 rings (SSSR count). The maximum absolute atomic E-state index is 11.0. The summed E-state index contributed by atoms with van der Waals surface area (Å²) in [6.07, 6.45) is 20.2. The fourth-order valence-corrected chi connectivity index (χ4v) is 3.72. The Hall–Kier alpha value is -0.790. The van der Waals surface area contributed by atoms with E-state index in [2.05, 4.69) is 51.5 Å². The minimum atomic E-state index is -0.0784. The van der Waals surface area contributed by atoms with Crippen molar-refractivity contribution in [2.75, 3.05) is 7.11 Å². The summed E-state index contributed by atoms with van der Waals surface area (Å²) in [5.41, 5.74) is 0.967. The van der Waals surface area contributed by atoms with Crippen molar-refractivity contribution in [2.45, 2.75) is 118 Å². The fourth-order valence-electron chi connectivity index (χ4n) is 3.72. The molecule has 26 heavy (non-hydrogen) atoms. The Kier molecular flexibility index (Phi) is 13.9. The van der Waals surface area contributed by atoms with Crippen molar-refractivity contribution in [2.24, 2.45) is 10.8 Å². The van der Waals surface area contributed by atoms with Gasteiger partial charge in [-0.25, -0.2) is 0 Å². The van der Waals surface area contributed by atoms with Crippen molar-refractivity contribution >= 4 is 5.97 Å². The lowest BCUT2D eigenvalue weighted by atomic mass is 9.69. The first kappa shape index (κ1) is 25.2. The number of hydrogen-bond donors (Lipinski definition) is 0. The number of unbranched alkanes of at least 4 members (excludes halogenated alkanes) is 6. The molecule has 0 aromatic rings. The molecule has 0 aliphatic rings. The first-order valence-corrected chi connectivity index (χ1v) is 11.0. The largest absolute Gasteiger partial charge is 0.469 e. The van der Waals surface area contributed by atoms with Gasteiger partial charge in [0.1, 0.15) is 0 Å². The van der Waals surface area contributed by atoms with E-state index in [9.17, 15) is 4.79 Å². The van der Waals surface area contributed by atoms with E-state index in [4.69, 9.17) is 0 Å². The highest BCUT2D eigenvalue weighted by atomic mass is 16.5. The average Bonchev–Trinajstić information content (AvgIpc) is 2.62. The van der Waals surface area contributed by atoms with E-state index in [-0.39, 0.29) is 5.97 Å². The van der Waals surface area contributed by atoms with Crippen LogP contribution in [-0.2, 0) is 9.53 Å². The lowest BCUT2D eigenvalue weighted by molar-refractivity contribution is -0.140. The molecule has 0 saturated heterocycles. The third-order valence-corrected chi connectivity index (χ3v) is 6.01. The van der Waals surface area contributed by atoms with Crippen LogP contribution in [-0.4, -0.2) is 13.1 Å². The molecule has 154 valence electrons. The van der Waals surface area contributed by atoms with Gasteiger partial charge < -0.3 is 4.74 Å². The van der Waals surface area contributed by atoms with Crippen LogP contribution in [0, 0.1) is 10.8 Å². The SMILES string of the molecule is CCC(C)(C)CC(C)(CC)CCCC=CCCCCCCCC(=O)OC.